The molecule has 1 aromatic heterocycles. The Morgan fingerprint density at radius 3 is 2.76 bits per heavy atom. The highest BCUT2D eigenvalue weighted by Gasteiger charge is 2.10. The molecule has 0 saturated carbocycles. The van der Waals surface area contributed by atoms with Gasteiger partial charge in [0.1, 0.15) is 5.82 Å². The zero-order chi connectivity index (χ0) is 12.8. The lowest BCUT2D eigenvalue weighted by atomic mass is 10.2. The van der Waals surface area contributed by atoms with Crippen LogP contribution in [-0.2, 0) is 0 Å². The molecule has 0 aliphatic rings. The third-order valence-electron chi connectivity index (χ3n) is 2.53. The van der Waals surface area contributed by atoms with E-state index in [0.29, 0.717) is 11.7 Å². The second kappa shape index (κ2) is 6.49. The van der Waals surface area contributed by atoms with Crippen LogP contribution >= 0.6 is 11.8 Å². The van der Waals surface area contributed by atoms with Crippen molar-refractivity contribution in [2.24, 2.45) is 0 Å². The smallest absolute Gasteiger partial charge is 0.337 e. The second-order valence-electron chi connectivity index (χ2n) is 3.84. The normalized spacial score (nSPS) is 12.2. The monoisotopic (exact) mass is 254 g/mol. The topological polar surface area (TPSA) is 62.2 Å². The predicted octanol–water partition coefficient (Wildman–Crippen LogP) is 2.64. The fourth-order valence-electron chi connectivity index (χ4n) is 1.54. The highest BCUT2D eigenvalue weighted by molar-refractivity contribution is 7.98. The molecule has 0 amide bonds. The van der Waals surface area contributed by atoms with Crippen molar-refractivity contribution in [3.63, 3.8) is 0 Å². The van der Waals surface area contributed by atoms with Crippen molar-refractivity contribution < 1.29 is 9.90 Å². The molecular formula is C12H18N2O2S. The van der Waals surface area contributed by atoms with Crippen molar-refractivity contribution in [2.45, 2.75) is 26.3 Å². The van der Waals surface area contributed by atoms with E-state index in [1.807, 2.05) is 0 Å². The summed E-state index contributed by atoms with van der Waals surface area (Å²) in [6.45, 7) is 3.83. The molecular weight excluding hydrogens is 236 g/mol. The van der Waals surface area contributed by atoms with E-state index in [1.54, 1.807) is 30.8 Å². The van der Waals surface area contributed by atoms with Crippen molar-refractivity contribution in [3.05, 3.63) is 23.4 Å². The third kappa shape index (κ3) is 3.93. The minimum absolute atomic E-state index is 0.258. The van der Waals surface area contributed by atoms with Gasteiger partial charge in [-0.1, -0.05) is 6.92 Å². The Bertz CT molecular complexity index is 396. The Morgan fingerprint density at radius 1 is 1.59 bits per heavy atom. The molecule has 4 nitrogen and oxygen atoms in total. The first kappa shape index (κ1) is 13.8. The molecule has 1 aromatic rings. The average Bonchev–Trinajstić information content (AvgIpc) is 2.28. The molecule has 0 aliphatic heterocycles. The van der Waals surface area contributed by atoms with Crippen molar-refractivity contribution in [1.82, 2.24) is 4.98 Å². The van der Waals surface area contributed by atoms with Crippen molar-refractivity contribution in [1.29, 1.82) is 0 Å². The number of rotatable bonds is 6. The number of aromatic carboxylic acids is 1. The molecule has 1 rings (SSSR count). The Kier molecular flexibility index (Phi) is 5.28. The average molecular weight is 254 g/mol. The first-order valence-corrected chi connectivity index (χ1v) is 6.94. The Morgan fingerprint density at radius 2 is 2.29 bits per heavy atom. The van der Waals surface area contributed by atoms with E-state index in [-0.39, 0.29) is 5.56 Å². The van der Waals surface area contributed by atoms with Crippen LogP contribution in [0.4, 0.5) is 5.82 Å². The van der Waals surface area contributed by atoms with E-state index >= 15 is 0 Å². The SMILES string of the molecule is CCC(CSC)Nc1ccc(C(=O)O)c(C)n1. The van der Waals surface area contributed by atoms with Gasteiger partial charge in [-0.3, -0.25) is 0 Å². The van der Waals surface area contributed by atoms with Crippen molar-refractivity contribution in [3.8, 4) is 0 Å². The lowest BCUT2D eigenvalue weighted by molar-refractivity contribution is 0.0695. The van der Waals surface area contributed by atoms with Crippen molar-refractivity contribution in [2.75, 3.05) is 17.3 Å². The summed E-state index contributed by atoms with van der Waals surface area (Å²) in [7, 11) is 0. The Hall–Kier alpha value is -1.23. The fourth-order valence-corrected chi connectivity index (χ4v) is 2.26. The van der Waals surface area contributed by atoms with Gasteiger partial charge in [-0.15, -0.1) is 0 Å². The minimum Gasteiger partial charge on any atom is -0.478 e. The van der Waals surface area contributed by atoms with E-state index in [0.717, 1.165) is 18.0 Å². The molecule has 0 fully saturated rings. The molecule has 0 aliphatic carbocycles. The maximum absolute atomic E-state index is 10.9. The highest BCUT2D eigenvalue weighted by atomic mass is 32.2. The summed E-state index contributed by atoms with van der Waals surface area (Å²) in [4.78, 5) is 15.1. The molecule has 0 aromatic carbocycles. The molecule has 0 bridgehead atoms. The van der Waals surface area contributed by atoms with Gasteiger partial charge in [0.15, 0.2) is 0 Å². The van der Waals surface area contributed by atoms with E-state index < -0.39 is 5.97 Å². The van der Waals surface area contributed by atoms with E-state index in [4.69, 9.17) is 5.11 Å². The minimum atomic E-state index is -0.933. The van der Waals surface area contributed by atoms with Crippen LogP contribution in [0, 0.1) is 6.92 Å². The molecule has 1 heterocycles. The number of thioether (sulfide) groups is 1. The Balaban J connectivity index is 2.79. The van der Waals surface area contributed by atoms with E-state index in [2.05, 4.69) is 23.5 Å². The van der Waals surface area contributed by atoms with Gasteiger partial charge in [0.25, 0.3) is 0 Å². The number of carbonyl (C=O) groups is 1. The van der Waals surface area contributed by atoms with Gasteiger partial charge >= 0.3 is 5.97 Å². The summed E-state index contributed by atoms with van der Waals surface area (Å²) in [5, 5.41) is 12.2. The fraction of sp³-hybridized carbons (Fsp3) is 0.500. The van der Waals surface area contributed by atoms with Crippen LogP contribution in [0.3, 0.4) is 0 Å². The summed E-state index contributed by atoms with van der Waals surface area (Å²) in [6, 6.07) is 3.69. The maximum atomic E-state index is 10.9. The summed E-state index contributed by atoms with van der Waals surface area (Å²) in [6.07, 6.45) is 3.08. The largest absolute Gasteiger partial charge is 0.478 e. The molecule has 0 radical (unpaired) electrons. The number of carboxylic acids is 1. The Labute approximate surface area is 106 Å². The van der Waals surface area contributed by atoms with E-state index in [9.17, 15) is 4.79 Å². The van der Waals surface area contributed by atoms with Gasteiger partial charge in [-0.05, 0) is 31.7 Å². The van der Waals surface area contributed by atoms with Gasteiger partial charge in [0, 0.05) is 11.8 Å². The van der Waals surface area contributed by atoms with E-state index in [1.165, 1.54) is 0 Å². The molecule has 1 atom stereocenters. The van der Waals surface area contributed by atoms with Crippen LogP contribution in [0.5, 0.6) is 0 Å². The van der Waals surface area contributed by atoms with Crippen LogP contribution in [0.15, 0.2) is 12.1 Å². The molecule has 17 heavy (non-hydrogen) atoms. The van der Waals surface area contributed by atoms with Crippen LogP contribution in [-0.4, -0.2) is 34.1 Å². The molecule has 94 valence electrons. The van der Waals surface area contributed by atoms with Gasteiger partial charge in [-0.25, -0.2) is 9.78 Å². The first-order valence-electron chi connectivity index (χ1n) is 5.54. The number of anilines is 1. The standard InChI is InChI=1S/C12H18N2O2S/c1-4-9(7-17-3)14-11-6-5-10(12(15)16)8(2)13-11/h5-6,9H,4,7H2,1-3H3,(H,13,14)(H,15,16). The zero-order valence-electron chi connectivity index (χ0n) is 10.4. The third-order valence-corrected chi connectivity index (χ3v) is 3.26. The number of nitrogens with zero attached hydrogens (tertiary/aromatic N) is 1. The number of carboxylic acid groups (broad SMARTS) is 1. The number of aromatic nitrogens is 1. The van der Waals surface area contributed by atoms with Crippen LogP contribution in [0.1, 0.15) is 29.4 Å². The van der Waals surface area contributed by atoms with Gasteiger partial charge in [0.2, 0.25) is 0 Å². The summed E-state index contributed by atoms with van der Waals surface area (Å²) >= 11 is 1.78. The quantitative estimate of drug-likeness (QED) is 0.817. The van der Waals surface area contributed by atoms with Crippen LogP contribution in [0.2, 0.25) is 0 Å². The van der Waals surface area contributed by atoms with Crippen LogP contribution < -0.4 is 5.32 Å². The lowest BCUT2D eigenvalue weighted by Crippen LogP contribution is -2.22. The highest BCUT2D eigenvalue weighted by Crippen LogP contribution is 2.13. The van der Waals surface area contributed by atoms with Gasteiger partial charge < -0.3 is 10.4 Å². The van der Waals surface area contributed by atoms with Crippen LogP contribution in [0.25, 0.3) is 0 Å². The zero-order valence-corrected chi connectivity index (χ0v) is 11.2. The maximum Gasteiger partial charge on any atom is 0.337 e. The number of hydrogen-bond donors (Lipinski definition) is 2. The van der Waals surface area contributed by atoms with Crippen molar-refractivity contribution >= 4 is 23.5 Å². The van der Waals surface area contributed by atoms with Gasteiger partial charge in [0.05, 0.1) is 11.3 Å². The number of nitrogens with one attached hydrogen (secondary N) is 1. The summed E-state index contributed by atoms with van der Waals surface area (Å²) in [5.74, 6) is 0.823. The first-order chi connectivity index (χ1) is 8.08. The molecule has 0 saturated heterocycles. The molecule has 1 unspecified atom stereocenters. The summed E-state index contributed by atoms with van der Waals surface area (Å²) < 4.78 is 0. The molecule has 0 spiro atoms. The van der Waals surface area contributed by atoms with Gasteiger partial charge in [-0.2, -0.15) is 11.8 Å². The predicted molar refractivity (Wildman–Crippen MR) is 72.0 cm³/mol. The molecule has 5 heteroatoms. The lowest BCUT2D eigenvalue weighted by Gasteiger charge is -2.16. The number of hydrogen-bond acceptors (Lipinski definition) is 4. The second-order valence-corrected chi connectivity index (χ2v) is 4.75. The number of pyridine rings is 1. The summed E-state index contributed by atoms with van der Waals surface area (Å²) in [5.41, 5.74) is 0.801. The number of aryl methyl sites for hydroxylation is 1. The molecule has 2 N–H and O–H groups in total.